The second kappa shape index (κ2) is 4.04. The number of hydrogen-bond donors (Lipinski definition) is 0. The largest absolute Gasteiger partial charge is 0.298 e. The van der Waals surface area contributed by atoms with Gasteiger partial charge in [0.1, 0.15) is 0 Å². The highest BCUT2D eigenvalue weighted by Crippen LogP contribution is 2.45. The normalized spacial score (nSPS) is 19.8. The molecule has 0 saturated carbocycles. The fraction of sp³-hybridized carbons (Fsp3) is 0.533. The third-order valence-electron chi connectivity index (χ3n) is 3.41. The van der Waals surface area contributed by atoms with Crippen molar-refractivity contribution in [1.29, 1.82) is 0 Å². The van der Waals surface area contributed by atoms with Gasteiger partial charge in [0.2, 0.25) is 0 Å². The molecule has 16 heavy (non-hydrogen) atoms. The van der Waals surface area contributed by atoms with Gasteiger partial charge in [0.05, 0.1) is 0 Å². The standard InChI is InChI=1S/C13H16O.C2H6/c1-12(2)9-7-5-6-8-10(9)13(3,4)11(12)14;1-2/h5-8H,1-4H3;1-2H3. The van der Waals surface area contributed by atoms with Gasteiger partial charge >= 0.3 is 0 Å². The molecule has 1 aliphatic rings. The highest BCUT2D eigenvalue weighted by Gasteiger charge is 2.49. The van der Waals surface area contributed by atoms with E-state index < -0.39 is 0 Å². The van der Waals surface area contributed by atoms with Gasteiger partial charge in [-0.1, -0.05) is 38.1 Å². The number of rotatable bonds is 0. The topological polar surface area (TPSA) is 17.1 Å². The quantitative estimate of drug-likeness (QED) is 0.646. The molecule has 88 valence electrons. The Morgan fingerprint density at radius 3 is 1.44 bits per heavy atom. The maximum atomic E-state index is 12.2. The van der Waals surface area contributed by atoms with Crippen molar-refractivity contribution in [3.63, 3.8) is 0 Å². The molecule has 0 N–H and O–H groups in total. The second-order valence-electron chi connectivity index (χ2n) is 5.12. The molecular weight excluding hydrogens is 196 g/mol. The van der Waals surface area contributed by atoms with Crippen molar-refractivity contribution in [1.82, 2.24) is 0 Å². The van der Waals surface area contributed by atoms with Crippen LogP contribution in [0.25, 0.3) is 0 Å². The molecular formula is C15H22O. The number of carbonyl (C=O) groups excluding carboxylic acids is 1. The highest BCUT2D eigenvalue weighted by atomic mass is 16.1. The molecule has 0 radical (unpaired) electrons. The van der Waals surface area contributed by atoms with Crippen molar-refractivity contribution < 1.29 is 4.79 Å². The zero-order valence-corrected chi connectivity index (χ0v) is 11.2. The summed E-state index contributed by atoms with van der Waals surface area (Å²) in [5.74, 6) is 0.325. The van der Waals surface area contributed by atoms with Crippen molar-refractivity contribution in [2.45, 2.75) is 52.4 Å². The predicted molar refractivity (Wildman–Crippen MR) is 68.8 cm³/mol. The summed E-state index contributed by atoms with van der Waals surface area (Å²) in [7, 11) is 0. The van der Waals surface area contributed by atoms with Gasteiger partial charge in [0.25, 0.3) is 0 Å². The van der Waals surface area contributed by atoms with E-state index in [1.807, 2.05) is 53.7 Å². The predicted octanol–water partition coefficient (Wildman–Crippen LogP) is 3.85. The number of fused-ring (bicyclic) bond motifs is 1. The first kappa shape index (κ1) is 13.0. The van der Waals surface area contributed by atoms with Gasteiger partial charge in [-0.15, -0.1) is 0 Å². The Hall–Kier alpha value is -1.11. The summed E-state index contributed by atoms with van der Waals surface area (Å²) in [6.07, 6.45) is 0. The minimum atomic E-state index is -0.319. The van der Waals surface area contributed by atoms with Gasteiger partial charge in [-0.3, -0.25) is 4.79 Å². The van der Waals surface area contributed by atoms with E-state index in [9.17, 15) is 4.79 Å². The van der Waals surface area contributed by atoms with Crippen molar-refractivity contribution >= 4 is 5.78 Å². The molecule has 1 aromatic rings. The van der Waals surface area contributed by atoms with Crippen LogP contribution in [0.2, 0.25) is 0 Å². The molecule has 0 aliphatic heterocycles. The smallest absolute Gasteiger partial charge is 0.152 e. The third kappa shape index (κ3) is 1.59. The number of Topliss-reactive ketones (excluding diaryl/α,β-unsaturated/α-hetero) is 1. The highest BCUT2D eigenvalue weighted by molar-refractivity contribution is 6.02. The van der Waals surface area contributed by atoms with E-state index in [1.54, 1.807) is 0 Å². The molecule has 1 aliphatic carbocycles. The maximum Gasteiger partial charge on any atom is 0.152 e. The number of carbonyl (C=O) groups is 1. The lowest BCUT2D eigenvalue weighted by molar-refractivity contribution is -0.126. The summed E-state index contributed by atoms with van der Waals surface area (Å²) in [4.78, 5) is 12.2. The van der Waals surface area contributed by atoms with E-state index in [0.717, 1.165) is 0 Å². The lowest BCUT2D eigenvalue weighted by atomic mass is 9.80. The van der Waals surface area contributed by atoms with E-state index in [-0.39, 0.29) is 10.8 Å². The summed E-state index contributed by atoms with van der Waals surface area (Å²) >= 11 is 0. The molecule has 1 heteroatoms. The summed E-state index contributed by atoms with van der Waals surface area (Å²) in [6, 6.07) is 8.16. The van der Waals surface area contributed by atoms with Crippen molar-refractivity contribution in [2.24, 2.45) is 0 Å². The van der Waals surface area contributed by atoms with Gasteiger partial charge < -0.3 is 0 Å². The van der Waals surface area contributed by atoms with Crippen molar-refractivity contribution in [2.75, 3.05) is 0 Å². The molecule has 0 saturated heterocycles. The van der Waals surface area contributed by atoms with Gasteiger partial charge in [0, 0.05) is 10.8 Å². The zero-order valence-electron chi connectivity index (χ0n) is 11.2. The van der Waals surface area contributed by atoms with Crippen LogP contribution < -0.4 is 0 Å². The van der Waals surface area contributed by atoms with Gasteiger partial charge in [0.15, 0.2) is 5.78 Å². The van der Waals surface area contributed by atoms with Crippen LogP contribution in [0.1, 0.15) is 52.7 Å². The Morgan fingerprint density at radius 2 is 1.12 bits per heavy atom. The fourth-order valence-electron chi connectivity index (χ4n) is 2.60. The molecule has 0 fully saturated rings. The van der Waals surface area contributed by atoms with Crippen LogP contribution in [0, 0.1) is 0 Å². The Morgan fingerprint density at radius 1 is 0.812 bits per heavy atom. The number of ketones is 1. The van der Waals surface area contributed by atoms with E-state index in [0.29, 0.717) is 5.78 Å². The van der Waals surface area contributed by atoms with Crippen LogP contribution in [0.4, 0.5) is 0 Å². The Kier molecular flexibility index (Phi) is 3.27. The average molecular weight is 218 g/mol. The first-order valence-electron chi connectivity index (χ1n) is 6.03. The first-order valence-corrected chi connectivity index (χ1v) is 6.03. The molecule has 0 heterocycles. The summed E-state index contributed by atoms with van der Waals surface area (Å²) in [5, 5.41) is 0. The van der Waals surface area contributed by atoms with E-state index in [2.05, 4.69) is 12.1 Å². The SMILES string of the molecule is CC.CC1(C)C(=O)C(C)(C)c2ccccc21. The summed E-state index contributed by atoms with van der Waals surface area (Å²) < 4.78 is 0. The Labute approximate surface area is 98.9 Å². The minimum absolute atomic E-state index is 0.319. The molecule has 0 bridgehead atoms. The van der Waals surface area contributed by atoms with Gasteiger partial charge in [-0.05, 0) is 38.8 Å². The van der Waals surface area contributed by atoms with E-state index in [1.165, 1.54) is 11.1 Å². The molecule has 0 amide bonds. The van der Waals surface area contributed by atoms with E-state index >= 15 is 0 Å². The van der Waals surface area contributed by atoms with Crippen LogP contribution in [0.15, 0.2) is 24.3 Å². The average Bonchev–Trinajstić information content (AvgIpc) is 2.42. The van der Waals surface area contributed by atoms with Crippen LogP contribution in [-0.4, -0.2) is 5.78 Å². The fourth-order valence-corrected chi connectivity index (χ4v) is 2.60. The molecule has 1 nitrogen and oxygen atoms in total. The minimum Gasteiger partial charge on any atom is -0.298 e. The van der Waals surface area contributed by atoms with Crippen molar-refractivity contribution in [3.05, 3.63) is 35.4 Å². The lowest BCUT2D eigenvalue weighted by Crippen LogP contribution is -2.33. The summed E-state index contributed by atoms with van der Waals surface area (Å²) in [6.45, 7) is 12.1. The second-order valence-corrected chi connectivity index (χ2v) is 5.12. The van der Waals surface area contributed by atoms with Gasteiger partial charge in [-0.25, -0.2) is 0 Å². The molecule has 0 aromatic heterocycles. The number of hydrogen-bond acceptors (Lipinski definition) is 1. The molecule has 0 unspecified atom stereocenters. The van der Waals surface area contributed by atoms with Gasteiger partial charge in [-0.2, -0.15) is 0 Å². The third-order valence-corrected chi connectivity index (χ3v) is 3.41. The zero-order chi connectivity index (χ0) is 12.6. The summed E-state index contributed by atoms with van der Waals surface area (Å²) in [5.41, 5.74) is 1.74. The van der Waals surface area contributed by atoms with Crippen LogP contribution in [0.5, 0.6) is 0 Å². The monoisotopic (exact) mass is 218 g/mol. The first-order chi connectivity index (χ1) is 7.38. The number of benzene rings is 1. The Bertz CT molecular complexity index is 363. The van der Waals surface area contributed by atoms with Crippen LogP contribution in [-0.2, 0) is 15.6 Å². The molecule has 0 spiro atoms. The Balaban J connectivity index is 0.000000606. The maximum absolute atomic E-state index is 12.2. The molecule has 1 aromatic carbocycles. The molecule has 2 rings (SSSR count). The van der Waals surface area contributed by atoms with Crippen molar-refractivity contribution in [3.8, 4) is 0 Å². The van der Waals surface area contributed by atoms with E-state index in [4.69, 9.17) is 0 Å². The molecule has 0 atom stereocenters. The van der Waals surface area contributed by atoms with Crippen LogP contribution >= 0.6 is 0 Å². The lowest BCUT2D eigenvalue weighted by Gasteiger charge is -2.21. The van der Waals surface area contributed by atoms with Crippen LogP contribution in [0.3, 0.4) is 0 Å².